The van der Waals surface area contributed by atoms with Crippen LogP contribution in [-0.4, -0.2) is 51.6 Å². The molecule has 1 fully saturated rings. The highest BCUT2D eigenvalue weighted by atomic mass is 16.6. The summed E-state index contributed by atoms with van der Waals surface area (Å²) < 4.78 is 16.3. The second-order valence-corrected chi connectivity index (χ2v) is 6.52. The molecule has 0 spiro atoms. The van der Waals surface area contributed by atoms with E-state index in [0.29, 0.717) is 39.0 Å². The van der Waals surface area contributed by atoms with Crippen LogP contribution in [0.4, 0.5) is 0 Å². The molecule has 1 N–H and O–H groups in total. The Bertz CT molecular complexity index is 293. The van der Waals surface area contributed by atoms with Crippen LogP contribution in [0.2, 0.25) is 0 Å². The number of hydrogen-bond donors (Lipinski definition) is 1. The lowest BCUT2D eigenvalue weighted by Crippen LogP contribution is -2.33. The summed E-state index contributed by atoms with van der Waals surface area (Å²) in [5.41, 5.74) is 0. The average molecular weight is 344 g/mol. The molecule has 0 saturated carbocycles. The van der Waals surface area contributed by atoms with Crippen molar-refractivity contribution in [1.82, 2.24) is 5.32 Å². The Balaban J connectivity index is 1.77. The summed E-state index contributed by atoms with van der Waals surface area (Å²) in [4.78, 5) is 11.6. The normalized spacial score (nSPS) is 15.5. The number of rotatable bonds is 15. The van der Waals surface area contributed by atoms with Crippen LogP contribution in [0.15, 0.2) is 0 Å². The first kappa shape index (κ1) is 21.4. The van der Waals surface area contributed by atoms with Crippen molar-refractivity contribution in [2.45, 2.75) is 77.2 Å². The van der Waals surface area contributed by atoms with Gasteiger partial charge in [-0.15, -0.1) is 0 Å². The highest BCUT2D eigenvalue weighted by Gasteiger charge is 2.12. The molecular weight excluding hydrogens is 306 g/mol. The topological polar surface area (TPSA) is 56.8 Å². The van der Waals surface area contributed by atoms with Crippen molar-refractivity contribution >= 4 is 5.97 Å². The van der Waals surface area contributed by atoms with E-state index in [1.54, 1.807) is 0 Å². The van der Waals surface area contributed by atoms with Crippen molar-refractivity contribution in [3.63, 3.8) is 0 Å². The first-order valence-electron chi connectivity index (χ1n) is 9.88. The molecule has 1 heterocycles. The molecule has 1 aliphatic heterocycles. The Kier molecular flexibility index (Phi) is 14.1. The summed E-state index contributed by atoms with van der Waals surface area (Å²) in [6, 6.07) is 0. The first-order chi connectivity index (χ1) is 11.8. The van der Waals surface area contributed by atoms with Crippen molar-refractivity contribution in [3.8, 4) is 0 Å². The molecule has 0 aromatic heterocycles. The van der Waals surface area contributed by atoms with E-state index in [1.807, 2.05) is 0 Å². The Labute approximate surface area is 147 Å². The lowest BCUT2D eigenvalue weighted by molar-refractivity contribution is -0.145. The van der Waals surface area contributed by atoms with Gasteiger partial charge in [0.05, 0.1) is 25.9 Å². The molecule has 0 radical (unpaired) electrons. The van der Waals surface area contributed by atoms with E-state index in [2.05, 4.69) is 12.2 Å². The van der Waals surface area contributed by atoms with Gasteiger partial charge in [-0.25, -0.2) is 0 Å². The highest BCUT2D eigenvalue weighted by Crippen LogP contribution is 2.09. The van der Waals surface area contributed by atoms with E-state index < -0.39 is 0 Å². The van der Waals surface area contributed by atoms with Crippen LogP contribution in [0.25, 0.3) is 0 Å². The third-order valence-corrected chi connectivity index (χ3v) is 4.34. The van der Waals surface area contributed by atoms with E-state index >= 15 is 0 Å². The van der Waals surface area contributed by atoms with Crippen LogP contribution in [0, 0.1) is 0 Å². The van der Waals surface area contributed by atoms with Gasteiger partial charge in [0.1, 0.15) is 6.61 Å². The van der Waals surface area contributed by atoms with Crippen molar-refractivity contribution in [3.05, 3.63) is 0 Å². The van der Waals surface area contributed by atoms with Gasteiger partial charge in [0.2, 0.25) is 0 Å². The Hall–Kier alpha value is -0.650. The van der Waals surface area contributed by atoms with E-state index in [4.69, 9.17) is 14.2 Å². The van der Waals surface area contributed by atoms with Crippen molar-refractivity contribution < 1.29 is 19.0 Å². The average Bonchev–Trinajstić information content (AvgIpc) is 2.61. The summed E-state index contributed by atoms with van der Waals surface area (Å²) >= 11 is 0. The zero-order valence-corrected chi connectivity index (χ0v) is 15.5. The summed E-state index contributed by atoms with van der Waals surface area (Å²) in [6.45, 7) is 6.30. The molecule has 5 heteroatoms. The summed E-state index contributed by atoms with van der Waals surface area (Å²) in [5.74, 6) is -0.0990. The van der Waals surface area contributed by atoms with Crippen LogP contribution >= 0.6 is 0 Å². The number of piperidine rings is 1. The number of esters is 1. The number of carbonyl (C=O) groups is 1. The van der Waals surface area contributed by atoms with Gasteiger partial charge in [0, 0.05) is 6.42 Å². The number of ether oxygens (including phenoxy) is 3. The zero-order chi connectivity index (χ0) is 17.3. The molecule has 0 unspecified atom stereocenters. The van der Waals surface area contributed by atoms with Crippen LogP contribution in [0.3, 0.4) is 0 Å². The van der Waals surface area contributed by atoms with Crippen LogP contribution in [0.5, 0.6) is 0 Å². The second kappa shape index (κ2) is 15.9. The Morgan fingerprint density at radius 2 is 1.58 bits per heavy atom. The lowest BCUT2D eigenvalue weighted by atomic mass is 10.1. The summed E-state index contributed by atoms with van der Waals surface area (Å²) in [5, 5.41) is 3.31. The minimum absolute atomic E-state index is 0.0990. The lowest BCUT2D eigenvalue weighted by Gasteiger charge is -2.22. The molecule has 1 rings (SSSR count). The molecule has 0 aromatic rings. The Morgan fingerprint density at radius 1 is 0.917 bits per heavy atom. The van der Waals surface area contributed by atoms with Crippen LogP contribution in [0.1, 0.15) is 71.1 Å². The van der Waals surface area contributed by atoms with E-state index in [-0.39, 0.29) is 5.97 Å². The zero-order valence-electron chi connectivity index (χ0n) is 15.5. The fourth-order valence-electron chi connectivity index (χ4n) is 2.85. The molecule has 0 bridgehead atoms. The molecule has 0 aromatic carbocycles. The third kappa shape index (κ3) is 12.7. The van der Waals surface area contributed by atoms with Crippen molar-refractivity contribution in [2.24, 2.45) is 0 Å². The van der Waals surface area contributed by atoms with E-state index in [9.17, 15) is 4.79 Å². The largest absolute Gasteiger partial charge is 0.463 e. The molecule has 1 aliphatic rings. The van der Waals surface area contributed by atoms with Gasteiger partial charge in [0.15, 0.2) is 0 Å². The third-order valence-electron chi connectivity index (χ3n) is 4.34. The summed E-state index contributed by atoms with van der Waals surface area (Å²) in [7, 11) is 0. The summed E-state index contributed by atoms with van der Waals surface area (Å²) in [6.07, 6.45) is 11.6. The number of hydrogen-bond acceptors (Lipinski definition) is 5. The van der Waals surface area contributed by atoms with Gasteiger partial charge in [-0.1, -0.05) is 45.4 Å². The minimum atomic E-state index is -0.0990. The molecule has 0 amide bonds. The smallest absolute Gasteiger partial charge is 0.305 e. The van der Waals surface area contributed by atoms with Crippen LogP contribution in [-0.2, 0) is 19.0 Å². The van der Waals surface area contributed by atoms with Crippen molar-refractivity contribution in [2.75, 3.05) is 39.5 Å². The minimum Gasteiger partial charge on any atom is -0.463 e. The first-order valence-corrected chi connectivity index (χ1v) is 9.88. The monoisotopic (exact) mass is 343 g/mol. The quantitative estimate of drug-likeness (QED) is 0.364. The van der Waals surface area contributed by atoms with Crippen LogP contribution < -0.4 is 5.32 Å². The highest BCUT2D eigenvalue weighted by molar-refractivity contribution is 5.69. The predicted octanol–water partition coefficient (Wildman–Crippen LogP) is 3.46. The number of nitrogens with one attached hydrogen (secondary N) is 1. The molecule has 0 aliphatic carbocycles. The van der Waals surface area contributed by atoms with Gasteiger partial charge in [-0.2, -0.15) is 0 Å². The molecule has 5 nitrogen and oxygen atoms in total. The number of carbonyl (C=O) groups excluding carboxylic acids is 1. The van der Waals surface area contributed by atoms with E-state index in [0.717, 1.165) is 38.8 Å². The van der Waals surface area contributed by atoms with E-state index in [1.165, 1.54) is 32.1 Å². The predicted molar refractivity (Wildman–Crippen MR) is 96.2 cm³/mol. The molecule has 1 saturated heterocycles. The maximum Gasteiger partial charge on any atom is 0.305 e. The maximum atomic E-state index is 11.6. The van der Waals surface area contributed by atoms with Gasteiger partial charge < -0.3 is 19.5 Å². The number of unbranched alkanes of at least 4 members (excludes halogenated alkanes) is 6. The van der Waals surface area contributed by atoms with Gasteiger partial charge in [-0.05, 0) is 32.4 Å². The molecule has 142 valence electrons. The molecular formula is C19H37NO4. The molecule has 24 heavy (non-hydrogen) atoms. The van der Waals surface area contributed by atoms with Gasteiger partial charge in [0.25, 0.3) is 0 Å². The maximum absolute atomic E-state index is 11.6. The Morgan fingerprint density at radius 3 is 2.33 bits per heavy atom. The standard InChI is InChI=1S/C19H37NO4/c1-2-3-4-5-6-7-8-9-19(21)24-17-15-22-14-16-23-18-10-12-20-13-11-18/h18,20H,2-17H2,1H3. The fourth-order valence-corrected chi connectivity index (χ4v) is 2.85. The van der Waals surface area contributed by atoms with Gasteiger partial charge in [-0.3, -0.25) is 4.79 Å². The van der Waals surface area contributed by atoms with Crippen molar-refractivity contribution in [1.29, 1.82) is 0 Å². The fraction of sp³-hybridized carbons (Fsp3) is 0.947. The second-order valence-electron chi connectivity index (χ2n) is 6.52. The molecule has 0 atom stereocenters. The van der Waals surface area contributed by atoms with Gasteiger partial charge >= 0.3 is 5.97 Å². The SMILES string of the molecule is CCCCCCCCCC(=O)OCCOCCOC1CCNCC1.